The lowest BCUT2D eigenvalue weighted by Crippen LogP contribution is -2.18. The van der Waals surface area contributed by atoms with E-state index in [1.165, 1.54) is 0 Å². The second-order valence-corrected chi connectivity index (χ2v) is 5.61. The quantitative estimate of drug-likeness (QED) is 0.856. The molecule has 0 bridgehead atoms. The first-order valence-corrected chi connectivity index (χ1v) is 6.93. The molecule has 2 N–H and O–H groups in total. The Morgan fingerprint density at radius 1 is 1.16 bits per heavy atom. The number of hydrogen-bond acceptors (Lipinski definition) is 2. The molecule has 0 heterocycles. The van der Waals surface area contributed by atoms with E-state index in [4.69, 9.17) is 0 Å². The number of carbonyl (C=O) groups is 1. The summed E-state index contributed by atoms with van der Waals surface area (Å²) in [7, 11) is 1.65. The lowest BCUT2D eigenvalue weighted by atomic mass is 9.90. The maximum atomic E-state index is 11.3. The molecule has 3 heteroatoms. The predicted octanol–water partition coefficient (Wildman–Crippen LogP) is 3.32. The summed E-state index contributed by atoms with van der Waals surface area (Å²) in [5.74, 6) is 1.01. The van der Waals surface area contributed by atoms with E-state index in [0.717, 1.165) is 16.7 Å². The first-order valence-electron chi connectivity index (χ1n) is 6.93. The maximum absolute atomic E-state index is 11.3. The third kappa shape index (κ3) is 3.98. The highest BCUT2D eigenvalue weighted by Crippen LogP contribution is 2.35. The van der Waals surface area contributed by atoms with E-state index in [0.29, 0.717) is 18.6 Å². The summed E-state index contributed by atoms with van der Waals surface area (Å²) in [5, 5.41) is 12.9. The number of hydrogen-bond donors (Lipinski definition) is 2. The van der Waals surface area contributed by atoms with Crippen LogP contribution in [-0.4, -0.2) is 18.1 Å². The van der Waals surface area contributed by atoms with Crippen LogP contribution in [-0.2, 0) is 11.2 Å². The van der Waals surface area contributed by atoms with Gasteiger partial charge in [0, 0.05) is 13.5 Å². The molecule has 1 aromatic carbocycles. The Morgan fingerprint density at radius 3 is 2.00 bits per heavy atom. The van der Waals surface area contributed by atoms with Gasteiger partial charge in [0.05, 0.1) is 0 Å². The molecule has 0 saturated carbocycles. The van der Waals surface area contributed by atoms with Gasteiger partial charge in [0.1, 0.15) is 5.75 Å². The SMILES string of the molecule is CNC(=O)CCc1cc(C(C)C)c(O)c(C(C)C)c1. The molecule has 0 spiro atoms. The fourth-order valence-electron chi connectivity index (χ4n) is 2.15. The summed E-state index contributed by atoms with van der Waals surface area (Å²) in [6.45, 7) is 8.28. The molecule has 0 aromatic heterocycles. The minimum absolute atomic E-state index is 0.0465. The number of amides is 1. The summed E-state index contributed by atoms with van der Waals surface area (Å²) < 4.78 is 0. The van der Waals surface area contributed by atoms with Gasteiger partial charge in [0.15, 0.2) is 0 Å². The van der Waals surface area contributed by atoms with Crippen LogP contribution in [0.5, 0.6) is 5.75 Å². The van der Waals surface area contributed by atoms with Gasteiger partial charge in [-0.3, -0.25) is 4.79 Å². The van der Waals surface area contributed by atoms with Gasteiger partial charge in [-0.05, 0) is 34.9 Å². The average Bonchev–Trinajstić information content (AvgIpc) is 2.36. The Morgan fingerprint density at radius 2 is 1.63 bits per heavy atom. The molecule has 1 amide bonds. The Bertz CT molecular complexity index is 421. The van der Waals surface area contributed by atoms with Crippen LogP contribution >= 0.6 is 0 Å². The minimum Gasteiger partial charge on any atom is -0.507 e. The summed E-state index contributed by atoms with van der Waals surface area (Å²) >= 11 is 0. The third-order valence-electron chi connectivity index (χ3n) is 3.39. The molecule has 106 valence electrons. The zero-order valence-corrected chi connectivity index (χ0v) is 12.6. The van der Waals surface area contributed by atoms with Gasteiger partial charge >= 0.3 is 0 Å². The van der Waals surface area contributed by atoms with E-state index in [-0.39, 0.29) is 17.7 Å². The molecule has 19 heavy (non-hydrogen) atoms. The van der Waals surface area contributed by atoms with Crippen LogP contribution in [0.1, 0.15) is 62.6 Å². The van der Waals surface area contributed by atoms with Crippen molar-refractivity contribution in [1.29, 1.82) is 0 Å². The molecular weight excluding hydrogens is 238 g/mol. The standard InChI is InChI=1S/C16H25NO2/c1-10(2)13-8-12(6-7-15(18)17-5)9-14(11(3)4)16(13)19/h8-11,19H,6-7H2,1-5H3,(H,17,18). The smallest absolute Gasteiger partial charge is 0.220 e. The molecule has 0 saturated heterocycles. The minimum atomic E-state index is 0.0465. The topological polar surface area (TPSA) is 49.3 Å². The lowest BCUT2D eigenvalue weighted by molar-refractivity contribution is -0.120. The Labute approximate surface area is 116 Å². The molecule has 1 rings (SSSR count). The van der Waals surface area contributed by atoms with Gasteiger partial charge in [-0.1, -0.05) is 39.8 Å². The fraction of sp³-hybridized carbons (Fsp3) is 0.562. The highest BCUT2D eigenvalue weighted by atomic mass is 16.3. The summed E-state index contributed by atoms with van der Waals surface area (Å²) in [4.78, 5) is 11.3. The van der Waals surface area contributed by atoms with Crippen molar-refractivity contribution < 1.29 is 9.90 Å². The van der Waals surface area contributed by atoms with Crippen molar-refractivity contribution in [1.82, 2.24) is 5.32 Å². The van der Waals surface area contributed by atoms with Gasteiger partial charge in [-0.25, -0.2) is 0 Å². The highest BCUT2D eigenvalue weighted by Gasteiger charge is 2.15. The molecular formula is C16H25NO2. The molecule has 0 radical (unpaired) electrons. The van der Waals surface area contributed by atoms with Gasteiger partial charge in [0.25, 0.3) is 0 Å². The lowest BCUT2D eigenvalue weighted by Gasteiger charge is -2.17. The monoisotopic (exact) mass is 263 g/mol. The van der Waals surface area contributed by atoms with E-state index in [1.807, 2.05) is 12.1 Å². The van der Waals surface area contributed by atoms with Crippen molar-refractivity contribution in [3.05, 3.63) is 28.8 Å². The average molecular weight is 263 g/mol. The van der Waals surface area contributed by atoms with Crippen molar-refractivity contribution in [2.45, 2.75) is 52.4 Å². The number of carbonyl (C=O) groups excluding carboxylic acids is 1. The van der Waals surface area contributed by atoms with E-state index < -0.39 is 0 Å². The number of phenols is 1. The van der Waals surface area contributed by atoms with Crippen LogP contribution in [0.15, 0.2) is 12.1 Å². The fourth-order valence-corrected chi connectivity index (χ4v) is 2.15. The summed E-state index contributed by atoms with van der Waals surface area (Å²) in [6, 6.07) is 4.05. The number of nitrogens with one attached hydrogen (secondary N) is 1. The third-order valence-corrected chi connectivity index (χ3v) is 3.39. The molecule has 0 unspecified atom stereocenters. The van der Waals surface area contributed by atoms with Crippen LogP contribution in [0.4, 0.5) is 0 Å². The molecule has 0 aliphatic carbocycles. The molecule has 0 fully saturated rings. The predicted molar refractivity (Wildman–Crippen MR) is 78.7 cm³/mol. The largest absolute Gasteiger partial charge is 0.507 e. The van der Waals surface area contributed by atoms with Gasteiger partial charge in [0.2, 0.25) is 5.91 Å². The number of benzene rings is 1. The van der Waals surface area contributed by atoms with E-state index in [2.05, 4.69) is 33.0 Å². The van der Waals surface area contributed by atoms with Crippen LogP contribution in [0.3, 0.4) is 0 Å². The second-order valence-electron chi connectivity index (χ2n) is 5.61. The van der Waals surface area contributed by atoms with Gasteiger partial charge in [-0.15, -0.1) is 0 Å². The summed E-state index contributed by atoms with van der Waals surface area (Å²) in [6.07, 6.45) is 1.19. The molecule has 0 atom stereocenters. The zero-order valence-electron chi connectivity index (χ0n) is 12.6. The van der Waals surface area contributed by atoms with Crippen molar-refractivity contribution >= 4 is 5.91 Å². The van der Waals surface area contributed by atoms with E-state index >= 15 is 0 Å². The second kappa shape index (κ2) is 6.60. The van der Waals surface area contributed by atoms with Gasteiger partial charge in [-0.2, -0.15) is 0 Å². The molecule has 1 aromatic rings. The number of aromatic hydroxyl groups is 1. The molecule has 0 aliphatic heterocycles. The number of rotatable bonds is 5. The number of phenolic OH excluding ortho intramolecular Hbond substituents is 1. The van der Waals surface area contributed by atoms with Crippen LogP contribution in [0, 0.1) is 0 Å². The first-order chi connectivity index (χ1) is 8.86. The van der Waals surface area contributed by atoms with Crippen molar-refractivity contribution in [3.8, 4) is 5.75 Å². The Balaban J connectivity index is 3.08. The Kier molecular flexibility index (Phi) is 5.40. The normalized spacial score (nSPS) is 11.1. The Hall–Kier alpha value is -1.51. The highest BCUT2D eigenvalue weighted by molar-refractivity contribution is 5.75. The van der Waals surface area contributed by atoms with Crippen LogP contribution in [0.2, 0.25) is 0 Å². The zero-order chi connectivity index (χ0) is 14.6. The van der Waals surface area contributed by atoms with Crippen LogP contribution in [0.25, 0.3) is 0 Å². The number of aryl methyl sites for hydroxylation is 1. The first kappa shape index (κ1) is 15.5. The molecule has 3 nitrogen and oxygen atoms in total. The van der Waals surface area contributed by atoms with E-state index in [9.17, 15) is 9.90 Å². The molecule has 0 aliphatic rings. The van der Waals surface area contributed by atoms with Crippen molar-refractivity contribution in [2.24, 2.45) is 0 Å². The van der Waals surface area contributed by atoms with Gasteiger partial charge < -0.3 is 10.4 Å². The van der Waals surface area contributed by atoms with Crippen molar-refractivity contribution in [2.75, 3.05) is 7.05 Å². The summed E-state index contributed by atoms with van der Waals surface area (Å²) in [5.41, 5.74) is 3.06. The maximum Gasteiger partial charge on any atom is 0.220 e. The van der Waals surface area contributed by atoms with Crippen LogP contribution < -0.4 is 5.32 Å². The van der Waals surface area contributed by atoms with E-state index in [1.54, 1.807) is 7.05 Å². The van der Waals surface area contributed by atoms with Crippen molar-refractivity contribution in [3.63, 3.8) is 0 Å².